The van der Waals surface area contributed by atoms with Crippen LogP contribution in [0.1, 0.15) is 53.9 Å². The van der Waals surface area contributed by atoms with E-state index in [4.69, 9.17) is 0 Å². The molecule has 0 aliphatic heterocycles. The maximum atomic E-state index is 3.33. The third-order valence-electron chi connectivity index (χ3n) is 3.29. The molecule has 1 atom stereocenters. The maximum Gasteiger partial charge on any atom is 0.0246 e. The van der Waals surface area contributed by atoms with E-state index in [0.717, 1.165) is 12.5 Å². The van der Waals surface area contributed by atoms with Gasteiger partial charge in [-0.05, 0) is 39.8 Å². The zero-order valence-electron chi connectivity index (χ0n) is 12.2. The summed E-state index contributed by atoms with van der Waals surface area (Å²) in [6, 6.07) is 1.32. The number of hydrogen-bond acceptors (Lipinski definition) is 2. The molecule has 0 rings (SSSR count). The summed E-state index contributed by atoms with van der Waals surface area (Å²) in [5, 5.41) is 3.33. The summed E-state index contributed by atoms with van der Waals surface area (Å²) >= 11 is 0. The summed E-state index contributed by atoms with van der Waals surface area (Å²) in [5.41, 5.74) is 0. The van der Waals surface area contributed by atoms with Gasteiger partial charge in [0.05, 0.1) is 0 Å². The quantitative estimate of drug-likeness (QED) is 0.610. The molecule has 0 aromatic heterocycles. The van der Waals surface area contributed by atoms with E-state index in [-0.39, 0.29) is 0 Å². The number of hydrogen-bond donors (Lipinski definition) is 1. The topological polar surface area (TPSA) is 15.3 Å². The second-order valence-electron chi connectivity index (χ2n) is 5.41. The second-order valence-corrected chi connectivity index (χ2v) is 5.41. The van der Waals surface area contributed by atoms with Gasteiger partial charge in [-0.2, -0.15) is 0 Å². The number of likely N-dealkylation sites (N-methyl/N-ethyl adjacent to an activating group) is 1. The smallest absolute Gasteiger partial charge is 0.0246 e. The average molecular weight is 228 g/mol. The fourth-order valence-electron chi connectivity index (χ4n) is 2.30. The Hall–Kier alpha value is -0.0800. The fourth-order valence-corrected chi connectivity index (χ4v) is 2.30. The van der Waals surface area contributed by atoms with E-state index in [1.54, 1.807) is 0 Å². The van der Waals surface area contributed by atoms with Crippen LogP contribution >= 0.6 is 0 Å². The Morgan fingerprint density at radius 3 is 2.06 bits per heavy atom. The fraction of sp³-hybridized carbons (Fsp3) is 1.00. The van der Waals surface area contributed by atoms with Crippen molar-refractivity contribution >= 4 is 0 Å². The molecule has 0 spiro atoms. The first-order valence-electron chi connectivity index (χ1n) is 6.94. The second kappa shape index (κ2) is 9.00. The summed E-state index contributed by atoms with van der Waals surface area (Å²) in [4.78, 5) is 2.66. The summed E-state index contributed by atoms with van der Waals surface area (Å²) in [5.74, 6) is 0.719. The lowest BCUT2D eigenvalue weighted by Gasteiger charge is -2.37. The Labute approximate surface area is 103 Å². The van der Waals surface area contributed by atoms with Crippen molar-refractivity contribution in [2.45, 2.75) is 66.0 Å². The standard InChI is InChI=1S/C14H32N2/c1-7-8-9-10-16(13(4)5)14(11-15-6)12(2)3/h12-15H,7-11H2,1-6H3. The summed E-state index contributed by atoms with van der Waals surface area (Å²) < 4.78 is 0. The molecular weight excluding hydrogens is 196 g/mol. The van der Waals surface area contributed by atoms with Crippen molar-refractivity contribution in [3.05, 3.63) is 0 Å². The van der Waals surface area contributed by atoms with Crippen LogP contribution in [0, 0.1) is 5.92 Å². The molecule has 0 saturated carbocycles. The van der Waals surface area contributed by atoms with Crippen molar-refractivity contribution in [2.75, 3.05) is 20.1 Å². The molecule has 1 N–H and O–H groups in total. The molecule has 0 bridgehead atoms. The van der Waals surface area contributed by atoms with Crippen molar-refractivity contribution in [2.24, 2.45) is 5.92 Å². The molecule has 16 heavy (non-hydrogen) atoms. The first-order chi connectivity index (χ1) is 7.54. The van der Waals surface area contributed by atoms with Crippen LogP contribution in [0.2, 0.25) is 0 Å². The molecule has 0 fully saturated rings. The van der Waals surface area contributed by atoms with E-state index in [0.29, 0.717) is 12.1 Å². The first kappa shape index (κ1) is 15.9. The highest BCUT2D eigenvalue weighted by Crippen LogP contribution is 2.15. The van der Waals surface area contributed by atoms with Gasteiger partial charge in [0.25, 0.3) is 0 Å². The monoisotopic (exact) mass is 228 g/mol. The average Bonchev–Trinajstić information content (AvgIpc) is 2.21. The minimum atomic E-state index is 0.651. The van der Waals surface area contributed by atoms with Crippen LogP contribution in [-0.2, 0) is 0 Å². The molecule has 1 unspecified atom stereocenters. The van der Waals surface area contributed by atoms with Crippen molar-refractivity contribution in [3.63, 3.8) is 0 Å². The van der Waals surface area contributed by atoms with Gasteiger partial charge in [-0.15, -0.1) is 0 Å². The van der Waals surface area contributed by atoms with Crippen LogP contribution in [0.15, 0.2) is 0 Å². The van der Waals surface area contributed by atoms with Crippen molar-refractivity contribution in [1.82, 2.24) is 10.2 Å². The van der Waals surface area contributed by atoms with Gasteiger partial charge in [-0.3, -0.25) is 4.90 Å². The molecule has 0 aliphatic rings. The van der Waals surface area contributed by atoms with Crippen LogP contribution in [0.25, 0.3) is 0 Å². The highest BCUT2D eigenvalue weighted by molar-refractivity contribution is 4.79. The number of nitrogens with one attached hydrogen (secondary N) is 1. The Kier molecular flexibility index (Phi) is 8.96. The van der Waals surface area contributed by atoms with E-state index in [2.05, 4.69) is 51.9 Å². The number of rotatable bonds is 9. The van der Waals surface area contributed by atoms with Crippen molar-refractivity contribution < 1.29 is 0 Å². The molecule has 0 radical (unpaired) electrons. The summed E-state index contributed by atoms with van der Waals surface area (Å²) in [6.07, 6.45) is 4.00. The molecule has 0 aromatic rings. The lowest BCUT2D eigenvalue weighted by Crippen LogP contribution is -2.48. The maximum absolute atomic E-state index is 3.33. The lowest BCUT2D eigenvalue weighted by molar-refractivity contribution is 0.115. The van der Waals surface area contributed by atoms with Crippen LogP contribution in [0.4, 0.5) is 0 Å². The summed E-state index contributed by atoms with van der Waals surface area (Å²) in [6.45, 7) is 13.9. The zero-order valence-corrected chi connectivity index (χ0v) is 12.2. The van der Waals surface area contributed by atoms with E-state index in [1.807, 2.05) is 0 Å². The normalized spacial score (nSPS) is 14.1. The highest BCUT2D eigenvalue weighted by Gasteiger charge is 2.22. The van der Waals surface area contributed by atoms with Crippen molar-refractivity contribution in [1.29, 1.82) is 0 Å². The molecular formula is C14H32N2. The Morgan fingerprint density at radius 2 is 1.69 bits per heavy atom. The van der Waals surface area contributed by atoms with E-state index in [9.17, 15) is 0 Å². The van der Waals surface area contributed by atoms with E-state index in [1.165, 1.54) is 25.8 Å². The third-order valence-corrected chi connectivity index (χ3v) is 3.29. The van der Waals surface area contributed by atoms with Gasteiger partial charge < -0.3 is 5.32 Å². The molecule has 0 aliphatic carbocycles. The Morgan fingerprint density at radius 1 is 1.06 bits per heavy atom. The lowest BCUT2D eigenvalue weighted by atomic mass is 10.00. The Balaban J connectivity index is 4.33. The summed E-state index contributed by atoms with van der Waals surface area (Å²) in [7, 11) is 2.06. The number of unbranched alkanes of at least 4 members (excludes halogenated alkanes) is 2. The largest absolute Gasteiger partial charge is 0.318 e. The SMILES string of the molecule is CCCCCN(C(C)C)C(CNC)C(C)C. The van der Waals surface area contributed by atoms with Crippen LogP contribution in [0.5, 0.6) is 0 Å². The van der Waals surface area contributed by atoms with Crippen molar-refractivity contribution in [3.8, 4) is 0 Å². The highest BCUT2D eigenvalue weighted by atomic mass is 15.2. The van der Waals surface area contributed by atoms with E-state index < -0.39 is 0 Å². The minimum absolute atomic E-state index is 0.651. The van der Waals surface area contributed by atoms with Gasteiger partial charge in [-0.25, -0.2) is 0 Å². The molecule has 98 valence electrons. The Bertz CT molecular complexity index is 155. The van der Waals surface area contributed by atoms with Gasteiger partial charge in [-0.1, -0.05) is 33.6 Å². The number of nitrogens with zero attached hydrogens (tertiary/aromatic N) is 1. The minimum Gasteiger partial charge on any atom is -0.318 e. The van der Waals surface area contributed by atoms with Gasteiger partial charge >= 0.3 is 0 Å². The molecule has 0 saturated heterocycles. The predicted octanol–water partition coefficient (Wildman–Crippen LogP) is 3.13. The molecule has 0 heterocycles. The molecule has 0 aromatic carbocycles. The molecule has 2 nitrogen and oxygen atoms in total. The zero-order chi connectivity index (χ0) is 12.6. The van der Waals surface area contributed by atoms with Gasteiger partial charge in [0.15, 0.2) is 0 Å². The first-order valence-corrected chi connectivity index (χ1v) is 6.94. The molecule has 0 amide bonds. The van der Waals surface area contributed by atoms with Gasteiger partial charge in [0, 0.05) is 18.6 Å². The molecule has 2 heteroatoms. The van der Waals surface area contributed by atoms with Gasteiger partial charge in [0.2, 0.25) is 0 Å². The van der Waals surface area contributed by atoms with Gasteiger partial charge in [0.1, 0.15) is 0 Å². The van der Waals surface area contributed by atoms with Crippen LogP contribution in [-0.4, -0.2) is 37.1 Å². The predicted molar refractivity (Wildman–Crippen MR) is 73.9 cm³/mol. The van der Waals surface area contributed by atoms with Crippen LogP contribution in [0.3, 0.4) is 0 Å². The van der Waals surface area contributed by atoms with Crippen LogP contribution < -0.4 is 5.32 Å². The third kappa shape index (κ3) is 5.86. The van der Waals surface area contributed by atoms with E-state index >= 15 is 0 Å².